The molecule has 156 valence electrons. The van der Waals surface area contributed by atoms with Gasteiger partial charge in [-0.1, -0.05) is 48.5 Å². The van der Waals surface area contributed by atoms with Gasteiger partial charge >= 0.3 is 0 Å². The molecule has 0 aliphatic rings. The molecule has 4 rings (SSSR count). The van der Waals surface area contributed by atoms with Crippen LogP contribution < -0.4 is 4.72 Å². The lowest BCUT2D eigenvalue weighted by Gasteiger charge is -2.28. The van der Waals surface area contributed by atoms with Gasteiger partial charge in [0, 0.05) is 60.1 Å². The van der Waals surface area contributed by atoms with Crippen LogP contribution in [0.25, 0.3) is 0 Å². The van der Waals surface area contributed by atoms with Gasteiger partial charge in [0.05, 0.1) is 5.69 Å². The molecule has 3 aromatic heterocycles. The predicted molar refractivity (Wildman–Crippen MR) is 119 cm³/mol. The zero-order chi connectivity index (χ0) is 21.5. The van der Waals surface area contributed by atoms with Crippen molar-refractivity contribution >= 4 is 11.3 Å². The Morgan fingerprint density at radius 2 is 1.42 bits per heavy atom. The van der Waals surface area contributed by atoms with Crippen LogP contribution in [-0.4, -0.2) is 23.7 Å². The Kier molecular flexibility index (Phi) is 6.89. The summed E-state index contributed by atoms with van der Waals surface area (Å²) in [5.41, 5.74) is 4.70. The zero-order valence-corrected chi connectivity index (χ0v) is 17.5. The highest BCUT2D eigenvalue weighted by Crippen LogP contribution is 2.41. The van der Waals surface area contributed by atoms with Crippen molar-refractivity contribution in [2.24, 2.45) is 0 Å². The summed E-state index contributed by atoms with van der Waals surface area (Å²) < 4.78 is 24.3. The number of hydrogen-bond acceptors (Lipinski definition) is 5. The highest BCUT2D eigenvalue weighted by atomic mass is 32.2. The fourth-order valence-corrected chi connectivity index (χ4v) is 4.06. The summed E-state index contributed by atoms with van der Waals surface area (Å²) in [6.07, 6.45) is 7.25. The van der Waals surface area contributed by atoms with Crippen molar-refractivity contribution in [3.05, 3.63) is 126 Å². The van der Waals surface area contributed by atoms with E-state index >= 15 is 0 Å². The molecule has 0 bridgehead atoms. The molecule has 0 fully saturated rings. The molecule has 6 nitrogen and oxygen atoms in total. The Bertz CT molecular complexity index is 1090. The van der Waals surface area contributed by atoms with E-state index in [4.69, 9.17) is 4.98 Å². The third-order valence-corrected chi connectivity index (χ3v) is 5.48. The van der Waals surface area contributed by atoms with Gasteiger partial charge in [-0.3, -0.25) is 19.2 Å². The highest BCUT2D eigenvalue weighted by Gasteiger charge is 2.29. The first-order valence-electron chi connectivity index (χ1n) is 9.86. The first-order chi connectivity index (χ1) is 15.2. The molecule has 3 heterocycles. The molecule has 0 amide bonds. The van der Waals surface area contributed by atoms with Crippen LogP contribution in [0, 0.1) is 0 Å². The normalized spacial score (nSPS) is 14.0. The molecule has 0 radical (unpaired) electrons. The Balaban J connectivity index is 1.86. The van der Waals surface area contributed by atoms with Crippen LogP contribution in [0.2, 0.25) is 0 Å². The van der Waals surface area contributed by atoms with Gasteiger partial charge in [0.15, 0.2) is 0 Å². The Morgan fingerprint density at radius 3 is 2.03 bits per heavy atom. The minimum atomic E-state index is -2.35. The lowest BCUT2D eigenvalue weighted by molar-refractivity contribution is 0.521. The number of rotatable bonds is 8. The number of hydrogen-bond donors (Lipinski definition) is 1. The molecule has 0 saturated carbocycles. The van der Waals surface area contributed by atoms with E-state index in [0.29, 0.717) is 5.69 Å². The minimum Gasteiger partial charge on any atom is -0.760 e. The Hall–Kier alpha value is -3.26. The van der Waals surface area contributed by atoms with E-state index in [-0.39, 0.29) is 18.4 Å². The van der Waals surface area contributed by atoms with E-state index in [1.165, 1.54) is 0 Å². The topological polar surface area (TPSA) is 90.8 Å². The van der Waals surface area contributed by atoms with E-state index in [1.54, 1.807) is 12.4 Å². The lowest BCUT2D eigenvalue weighted by atomic mass is 9.76. The molecule has 3 atom stereocenters. The van der Waals surface area contributed by atoms with E-state index in [0.717, 1.165) is 22.4 Å². The number of benzene rings is 1. The van der Waals surface area contributed by atoms with Crippen molar-refractivity contribution in [1.29, 1.82) is 0 Å². The Morgan fingerprint density at radius 1 is 0.774 bits per heavy atom. The van der Waals surface area contributed by atoms with Gasteiger partial charge < -0.3 is 4.55 Å². The maximum absolute atomic E-state index is 10.9. The van der Waals surface area contributed by atoms with Crippen molar-refractivity contribution < 1.29 is 8.76 Å². The quantitative estimate of drug-likeness (QED) is 0.431. The summed E-state index contributed by atoms with van der Waals surface area (Å²) in [6, 6.07) is 23.9. The van der Waals surface area contributed by atoms with Crippen LogP contribution in [0.15, 0.2) is 97.6 Å². The summed E-state index contributed by atoms with van der Waals surface area (Å²) in [4.78, 5) is 13.5. The third kappa shape index (κ3) is 5.27. The molecule has 31 heavy (non-hydrogen) atoms. The van der Waals surface area contributed by atoms with E-state index in [1.807, 2.05) is 67.0 Å². The molecule has 4 aromatic rings. The summed E-state index contributed by atoms with van der Waals surface area (Å²) in [6.45, 7) is 0.132. The van der Waals surface area contributed by atoms with Gasteiger partial charge in [0.25, 0.3) is 0 Å². The lowest BCUT2D eigenvalue weighted by Crippen LogP contribution is -2.19. The van der Waals surface area contributed by atoms with Gasteiger partial charge in [-0.15, -0.1) is 0 Å². The second-order valence-corrected chi connectivity index (χ2v) is 7.81. The Labute approximate surface area is 183 Å². The second-order valence-electron chi connectivity index (χ2n) is 7.05. The van der Waals surface area contributed by atoms with E-state index in [9.17, 15) is 8.76 Å². The van der Waals surface area contributed by atoms with Crippen molar-refractivity contribution in [2.75, 3.05) is 0 Å². The van der Waals surface area contributed by atoms with Crippen LogP contribution in [0.4, 0.5) is 0 Å². The summed E-state index contributed by atoms with van der Waals surface area (Å²) in [7, 11) is 0. The van der Waals surface area contributed by atoms with Crippen LogP contribution >= 0.6 is 0 Å². The number of nitrogens with zero attached hydrogens (tertiary/aromatic N) is 3. The molecule has 0 aliphatic heterocycles. The minimum absolute atomic E-state index is 0.0524. The van der Waals surface area contributed by atoms with E-state index < -0.39 is 11.3 Å². The van der Waals surface area contributed by atoms with Gasteiger partial charge in [-0.25, -0.2) is 4.72 Å². The van der Waals surface area contributed by atoms with Crippen LogP contribution in [0.1, 0.15) is 39.9 Å². The van der Waals surface area contributed by atoms with E-state index in [2.05, 4.69) is 32.9 Å². The SMILES string of the molecule is O=S([O-])NCc1cccc(C(c2cccnc2)C(c2ccccc2)c2cccnc2)n1. The number of pyridine rings is 3. The monoisotopic (exact) mass is 429 g/mol. The second kappa shape index (κ2) is 10.2. The third-order valence-electron chi connectivity index (χ3n) is 5.10. The first-order valence-corrected chi connectivity index (χ1v) is 10.9. The smallest absolute Gasteiger partial charge is 0.0554 e. The van der Waals surface area contributed by atoms with Crippen LogP contribution in [0.3, 0.4) is 0 Å². The standard InChI is InChI=1S/C24H22N4O2S/c29-31(30)27-17-21-11-4-12-22(28-21)24(20-10-6-14-26-16-20)23(18-7-2-1-3-8-18)19-9-5-13-25-15-19/h1-16,23-24,27H,17H2,(H,29,30)/p-1. The van der Waals surface area contributed by atoms with Gasteiger partial charge in [0.1, 0.15) is 0 Å². The average Bonchev–Trinajstić information content (AvgIpc) is 2.83. The summed E-state index contributed by atoms with van der Waals surface area (Å²) in [5.74, 6) is -0.193. The molecule has 1 N–H and O–H groups in total. The fraction of sp³-hybridized carbons (Fsp3) is 0.125. The van der Waals surface area contributed by atoms with Gasteiger partial charge in [-0.05, 0) is 41.0 Å². The van der Waals surface area contributed by atoms with Crippen molar-refractivity contribution in [1.82, 2.24) is 19.7 Å². The average molecular weight is 430 g/mol. The predicted octanol–water partition coefficient (Wildman–Crippen LogP) is 3.72. The van der Waals surface area contributed by atoms with Crippen LogP contribution in [-0.2, 0) is 17.8 Å². The van der Waals surface area contributed by atoms with Crippen molar-refractivity contribution in [2.45, 2.75) is 18.4 Å². The fourth-order valence-electron chi connectivity index (χ4n) is 3.79. The molecule has 0 spiro atoms. The summed E-state index contributed by atoms with van der Waals surface area (Å²) >= 11 is -2.35. The number of aromatic nitrogens is 3. The van der Waals surface area contributed by atoms with Crippen molar-refractivity contribution in [3.63, 3.8) is 0 Å². The van der Waals surface area contributed by atoms with Gasteiger partial charge in [-0.2, -0.15) is 0 Å². The van der Waals surface area contributed by atoms with Crippen molar-refractivity contribution in [3.8, 4) is 0 Å². The van der Waals surface area contributed by atoms with Crippen LogP contribution in [0.5, 0.6) is 0 Å². The molecule has 1 aromatic carbocycles. The van der Waals surface area contributed by atoms with Gasteiger partial charge in [0.2, 0.25) is 0 Å². The summed E-state index contributed by atoms with van der Waals surface area (Å²) in [5, 5.41) is 0. The number of nitrogens with one attached hydrogen (secondary N) is 1. The molecule has 0 saturated heterocycles. The largest absolute Gasteiger partial charge is 0.760 e. The molecule has 0 aliphatic carbocycles. The molecular formula is C24H21N4O2S-. The highest BCUT2D eigenvalue weighted by molar-refractivity contribution is 7.77. The maximum atomic E-state index is 10.9. The first kappa shape index (κ1) is 21.0. The zero-order valence-electron chi connectivity index (χ0n) is 16.7. The molecule has 7 heteroatoms. The maximum Gasteiger partial charge on any atom is 0.0554 e. The molecule has 3 unspecified atom stereocenters. The molecular weight excluding hydrogens is 408 g/mol.